The van der Waals surface area contributed by atoms with Crippen LogP contribution in [0.4, 0.5) is 24.5 Å². The van der Waals surface area contributed by atoms with Crippen LogP contribution in [0.1, 0.15) is 44.6 Å². The summed E-state index contributed by atoms with van der Waals surface area (Å²) in [6.07, 6.45) is 1.36. The lowest BCUT2D eigenvalue weighted by Gasteiger charge is -2.32. The van der Waals surface area contributed by atoms with Crippen molar-refractivity contribution in [3.63, 3.8) is 0 Å². The molecule has 1 aliphatic carbocycles. The van der Waals surface area contributed by atoms with Gasteiger partial charge in [-0.15, -0.1) is 0 Å². The number of anilines is 2. The summed E-state index contributed by atoms with van der Waals surface area (Å²) in [7, 11) is 0. The Bertz CT molecular complexity index is 457. The van der Waals surface area contributed by atoms with E-state index in [1.54, 1.807) is 0 Å². The summed E-state index contributed by atoms with van der Waals surface area (Å²) < 4.78 is 37.8. The molecule has 1 fully saturated rings. The lowest BCUT2D eigenvalue weighted by atomic mass is 9.82. The quantitative estimate of drug-likeness (QED) is 0.792. The molecule has 0 amide bonds. The minimum atomic E-state index is -4.34. The molecular formula is C15H21F3N2. The van der Waals surface area contributed by atoms with Crippen molar-refractivity contribution >= 4 is 11.4 Å². The highest BCUT2D eigenvalue weighted by Crippen LogP contribution is 2.35. The van der Waals surface area contributed by atoms with E-state index in [9.17, 15) is 13.2 Å². The fourth-order valence-electron chi connectivity index (χ4n) is 2.96. The first kappa shape index (κ1) is 15.0. The summed E-state index contributed by atoms with van der Waals surface area (Å²) in [6.45, 7) is 2.15. The van der Waals surface area contributed by atoms with E-state index in [4.69, 9.17) is 5.73 Å². The van der Waals surface area contributed by atoms with Gasteiger partial charge in [0.2, 0.25) is 0 Å². The highest BCUT2D eigenvalue weighted by Gasteiger charge is 2.31. The van der Waals surface area contributed by atoms with Crippen LogP contribution in [0.25, 0.3) is 0 Å². The molecule has 5 heteroatoms. The van der Waals surface area contributed by atoms with Gasteiger partial charge in [0.1, 0.15) is 0 Å². The molecule has 2 nitrogen and oxygen atoms in total. The van der Waals surface area contributed by atoms with E-state index in [-0.39, 0.29) is 5.69 Å². The van der Waals surface area contributed by atoms with E-state index >= 15 is 0 Å². The summed E-state index contributed by atoms with van der Waals surface area (Å²) in [5.74, 6) is 0.574. The van der Waals surface area contributed by atoms with Crippen LogP contribution in [-0.2, 0) is 6.18 Å². The maximum absolute atomic E-state index is 12.6. The fourth-order valence-corrected chi connectivity index (χ4v) is 2.96. The number of halogens is 3. The van der Waals surface area contributed by atoms with Crippen molar-refractivity contribution in [1.82, 2.24) is 0 Å². The fraction of sp³-hybridized carbons (Fsp3) is 0.600. The van der Waals surface area contributed by atoms with Gasteiger partial charge in [-0.1, -0.05) is 26.2 Å². The molecule has 0 saturated heterocycles. The standard InChI is InChI=1S/C15H21F3N2/c1-2-10-5-3-4-6-13(10)20-14-8-7-11(9-12(14)19)15(16,17)18/h7-10,13,20H,2-6,19H2,1H3. The SMILES string of the molecule is CCC1CCCCC1Nc1ccc(C(F)(F)F)cc1N. The zero-order valence-corrected chi connectivity index (χ0v) is 11.6. The Hall–Kier alpha value is -1.39. The van der Waals surface area contributed by atoms with Crippen molar-refractivity contribution in [2.45, 2.75) is 51.2 Å². The number of alkyl halides is 3. The highest BCUT2D eigenvalue weighted by molar-refractivity contribution is 5.67. The largest absolute Gasteiger partial charge is 0.416 e. The second kappa shape index (κ2) is 5.94. The van der Waals surface area contributed by atoms with Gasteiger partial charge in [0.05, 0.1) is 16.9 Å². The van der Waals surface area contributed by atoms with Crippen molar-refractivity contribution in [1.29, 1.82) is 0 Å². The van der Waals surface area contributed by atoms with E-state index in [0.29, 0.717) is 17.6 Å². The molecule has 0 radical (unpaired) electrons. The molecule has 2 rings (SSSR count). The molecule has 1 aromatic carbocycles. The lowest BCUT2D eigenvalue weighted by Crippen LogP contribution is -2.32. The number of nitrogens with one attached hydrogen (secondary N) is 1. The van der Waals surface area contributed by atoms with Gasteiger partial charge in [0.25, 0.3) is 0 Å². The Labute approximate surface area is 117 Å². The average molecular weight is 286 g/mol. The molecule has 0 aliphatic heterocycles. The molecule has 20 heavy (non-hydrogen) atoms. The number of nitrogens with two attached hydrogens (primary N) is 1. The third-order valence-corrected chi connectivity index (χ3v) is 4.15. The van der Waals surface area contributed by atoms with Gasteiger partial charge in [-0.3, -0.25) is 0 Å². The Kier molecular flexibility index (Phi) is 4.45. The van der Waals surface area contributed by atoms with Gasteiger partial charge in [-0.05, 0) is 37.0 Å². The molecule has 0 bridgehead atoms. The van der Waals surface area contributed by atoms with Crippen molar-refractivity contribution in [2.75, 3.05) is 11.1 Å². The minimum Gasteiger partial charge on any atom is -0.397 e. The van der Waals surface area contributed by atoms with Crippen molar-refractivity contribution in [2.24, 2.45) is 5.92 Å². The molecule has 3 N–H and O–H groups in total. The van der Waals surface area contributed by atoms with Crippen LogP contribution in [0.5, 0.6) is 0 Å². The Balaban J connectivity index is 2.13. The minimum absolute atomic E-state index is 0.167. The smallest absolute Gasteiger partial charge is 0.397 e. The molecule has 2 atom stereocenters. The topological polar surface area (TPSA) is 38.0 Å². The number of hydrogen-bond donors (Lipinski definition) is 2. The first-order valence-corrected chi connectivity index (χ1v) is 7.15. The van der Waals surface area contributed by atoms with Crippen LogP contribution in [0.15, 0.2) is 18.2 Å². The maximum atomic E-state index is 12.6. The molecule has 1 saturated carbocycles. The molecule has 0 spiro atoms. The molecule has 0 aromatic heterocycles. The van der Waals surface area contributed by atoms with E-state index in [2.05, 4.69) is 12.2 Å². The number of nitrogen functional groups attached to an aromatic ring is 1. The van der Waals surface area contributed by atoms with E-state index in [0.717, 1.165) is 31.4 Å². The predicted molar refractivity (Wildman–Crippen MR) is 75.5 cm³/mol. The van der Waals surface area contributed by atoms with Gasteiger partial charge in [-0.25, -0.2) is 0 Å². The Morgan fingerprint density at radius 2 is 1.95 bits per heavy atom. The van der Waals surface area contributed by atoms with Crippen LogP contribution >= 0.6 is 0 Å². The van der Waals surface area contributed by atoms with E-state index < -0.39 is 11.7 Å². The molecule has 112 valence electrons. The Morgan fingerprint density at radius 1 is 1.25 bits per heavy atom. The summed E-state index contributed by atoms with van der Waals surface area (Å²) in [5, 5.41) is 3.34. The number of benzene rings is 1. The van der Waals surface area contributed by atoms with Crippen LogP contribution < -0.4 is 11.1 Å². The second-order valence-corrected chi connectivity index (χ2v) is 5.50. The van der Waals surface area contributed by atoms with Crippen LogP contribution in [0.3, 0.4) is 0 Å². The summed E-state index contributed by atoms with van der Waals surface area (Å²) in [6, 6.07) is 3.85. The van der Waals surface area contributed by atoms with Crippen molar-refractivity contribution in [3.8, 4) is 0 Å². The Morgan fingerprint density at radius 3 is 2.55 bits per heavy atom. The first-order chi connectivity index (χ1) is 9.41. The highest BCUT2D eigenvalue weighted by atomic mass is 19.4. The van der Waals surface area contributed by atoms with Gasteiger partial charge >= 0.3 is 6.18 Å². The molecule has 1 aromatic rings. The lowest BCUT2D eigenvalue weighted by molar-refractivity contribution is -0.137. The third-order valence-electron chi connectivity index (χ3n) is 4.15. The predicted octanol–water partition coefficient (Wildman–Crippen LogP) is 4.67. The zero-order chi connectivity index (χ0) is 14.8. The molecule has 2 unspecified atom stereocenters. The maximum Gasteiger partial charge on any atom is 0.416 e. The van der Waals surface area contributed by atoms with E-state index in [1.165, 1.54) is 18.9 Å². The third kappa shape index (κ3) is 3.38. The van der Waals surface area contributed by atoms with Crippen LogP contribution in [0.2, 0.25) is 0 Å². The summed E-state index contributed by atoms with van der Waals surface area (Å²) in [5.41, 5.74) is 5.84. The van der Waals surface area contributed by atoms with Crippen molar-refractivity contribution < 1.29 is 13.2 Å². The van der Waals surface area contributed by atoms with Gasteiger partial charge in [0.15, 0.2) is 0 Å². The number of rotatable bonds is 3. The molecule has 1 aliphatic rings. The normalized spacial score (nSPS) is 23.6. The van der Waals surface area contributed by atoms with Gasteiger partial charge in [0, 0.05) is 6.04 Å². The monoisotopic (exact) mass is 286 g/mol. The van der Waals surface area contributed by atoms with Gasteiger partial charge in [-0.2, -0.15) is 13.2 Å². The van der Waals surface area contributed by atoms with Crippen molar-refractivity contribution in [3.05, 3.63) is 23.8 Å². The van der Waals surface area contributed by atoms with Crippen LogP contribution in [-0.4, -0.2) is 6.04 Å². The van der Waals surface area contributed by atoms with Crippen LogP contribution in [0, 0.1) is 5.92 Å². The average Bonchev–Trinajstić information content (AvgIpc) is 2.40. The molecule has 0 heterocycles. The zero-order valence-electron chi connectivity index (χ0n) is 11.6. The van der Waals surface area contributed by atoms with E-state index in [1.807, 2.05) is 0 Å². The first-order valence-electron chi connectivity index (χ1n) is 7.15. The summed E-state index contributed by atoms with van der Waals surface area (Å²) >= 11 is 0. The second-order valence-electron chi connectivity index (χ2n) is 5.50. The van der Waals surface area contributed by atoms with Gasteiger partial charge < -0.3 is 11.1 Å². The molecular weight excluding hydrogens is 265 g/mol. The summed E-state index contributed by atoms with van der Waals surface area (Å²) in [4.78, 5) is 0. The number of hydrogen-bond acceptors (Lipinski definition) is 2.